The lowest BCUT2D eigenvalue weighted by Gasteiger charge is -2.29. The predicted molar refractivity (Wildman–Crippen MR) is 148 cm³/mol. The maximum Gasteiger partial charge on any atom is 0.250 e. The standard InChI is InChI=1S/C27H39N5O4S/c1-18-25-22(16-27(2,3)17-23(25)33)32(31-18)19-7-8-20(26(28)35)21(15-19)29-10-5-12-36-13-6-11-30-24(34)9-14-37-4/h7-8,15,29H,5-6,9-14,16-17H2,1-4H3,(H2,28,35)(H,30,34). The summed E-state index contributed by atoms with van der Waals surface area (Å²) in [6.45, 7) is 8.38. The summed E-state index contributed by atoms with van der Waals surface area (Å²) >= 11 is 1.66. The van der Waals surface area contributed by atoms with Gasteiger partial charge in [0.15, 0.2) is 5.78 Å². The Morgan fingerprint density at radius 2 is 1.92 bits per heavy atom. The number of hydrogen-bond acceptors (Lipinski definition) is 7. The van der Waals surface area contributed by atoms with Crippen LogP contribution < -0.4 is 16.4 Å². The monoisotopic (exact) mass is 529 g/mol. The van der Waals surface area contributed by atoms with Gasteiger partial charge >= 0.3 is 0 Å². The lowest BCUT2D eigenvalue weighted by Crippen LogP contribution is -2.28. The van der Waals surface area contributed by atoms with Crippen molar-refractivity contribution < 1.29 is 19.1 Å². The largest absolute Gasteiger partial charge is 0.384 e. The third-order valence-corrected chi connectivity index (χ3v) is 6.95. The molecule has 0 bridgehead atoms. The van der Waals surface area contributed by atoms with Crippen molar-refractivity contribution in [1.82, 2.24) is 15.1 Å². The molecule has 0 radical (unpaired) electrons. The van der Waals surface area contributed by atoms with Gasteiger partial charge in [0.25, 0.3) is 5.91 Å². The average Bonchev–Trinajstić information content (AvgIpc) is 3.16. The summed E-state index contributed by atoms with van der Waals surface area (Å²) in [5.74, 6) is 0.518. The summed E-state index contributed by atoms with van der Waals surface area (Å²) in [5.41, 5.74) is 9.62. The second-order valence-electron chi connectivity index (χ2n) is 10.2. The molecule has 0 saturated carbocycles. The Hall–Kier alpha value is -2.85. The van der Waals surface area contributed by atoms with Gasteiger partial charge < -0.3 is 21.1 Å². The normalized spacial score (nSPS) is 14.3. The van der Waals surface area contributed by atoms with Gasteiger partial charge in [-0.2, -0.15) is 16.9 Å². The van der Waals surface area contributed by atoms with Crippen molar-refractivity contribution in [3.8, 4) is 5.69 Å². The van der Waals surface area contributed by atoms with E-state index < -0.39 is 5.91 Å². The smallest absolute Gasteiger partial charge is 0.250 e. The van der Waals surface area contributed by atoms with Gasteiger partial charge in [-0.1, -0.05) is 13.8 Å². The van der Waals surface area contributed by atoms with Gasteiger partial charge in [0.05, 0.1) is 28.2 Å². The van der Waals surface area contributed by atoms with Crippen molar-refractivity contribution in [3.05, 3.63) is 40.7 Å². The molecule has 1 aromatic heterocycles. The predicted octanol–water partition coefficient (Wildman–Crippen LogP) is 3.51. The number of primary amides is 1. The summed E-state index contributed by atoms with van der Waals surface area (Å²) in [6.07, 6.45) is 5.28. The molecule has 1 heterocycles. The van der Waals surface area contributed by atoms with Gasteiger partial charge in [0.2, 0.25) is 5.91 Å². The maximum absolute atomic E-state index is 12.8. The van der Waals surface area contributed by atoms with E-state index in [1.54, 1.807) is 17.8 Å². The fraction of sp³-hybridized carbons (Fsp3) is 0.556. The molecule has 9 nitrogen and oxygen atoms in total. The number of thioether (sulfide) groups is 1. The number of ketones is 1. The molecule has 2 amide bonds. The van der Waals surface area contributed by atoms with Crippen LogP contribution in [-0.2, 0) is 16.0 Å². The molecule has 37 heavy (non-hydrogen) atoms. The zero-order valence-corrected chi connectivity index (χ0v) is 23.1. The van der Waals surface area contributed by atoms with Gasteiger partial charge in [-0.05, 0) is 56.1 Å². The first-order chi connectivity index (χ1) is 17.6. The number of amides is 2. The Labute approximate surface area is 223 Å². The number of ether oxygens (including phenoxy) is 1. The van der Waals surface area contributed by atoms with Crippen LogP contribution in [0.2, 0.25) is 0 Å². The Balaban J connectivity index is 1.56. The van der Waals surface area contributed by atoms with Crippen LogP contribution in [0.5, 0.6) is 0 Å². The number of nitrogens with one attached hydrogen (secondary N) is 2. The molecule has 0 spiro atoms. The summed E-state index contributed by atoms with van der Waals surface area (Å²) < 4.78 is 7.49. The number of rotatable bonds is 14. The van der Waals surface area contributed by atoms with Crippen molar-refractivity contribution in [2.45, 2.75) is 52.9 Å². The SMILES string of the molecule is CSCCC(=O)NCCCOCCCNc1cc(-n2nc(C)c3c2CC(C)(C)CC3=O)ccc1C(N)=O. The van der Waals surface area contributed by atoms with Crippen LogP contribution in [0.4, 0.5) is 5.69 Å². The van der Waals surface area contributed by atoms with E-state index in [9.17, 15) is 14.4 Å². The highest BCUT2D eigenvalue weighted by Gasteiger charge is 2.35. The second-order valence-corrected chi connectivity index (χ2v) is 11.2. The van der Waals surface area contributed by atoms with Crippen molar-refractivity contribution in [2.75, 3.05) is 43.6 Å². The van der Waals surface area contributed by atoms with Crippen LogP contribution in [0.3, 0.4) is 0 Å². The van der Waals surface area contributed by atoms with E-state index in [2.05, 4.69) is 29.6 Å². The van der Waals surface area contributed by atoms with Crippen LogP contribution in [0.25, 0.3) is 5.69 Å². The Morgan fingerprint density at radius 1 is 1.19 bits per heavy atom. The molecule has 2 aromatic rings. The third-order valence-electron chi connectivity index (χ3n) is 6.33. The Bertz CT molecular complexity index is 1130. The van der Waals surface area contributed by atoms with Gasteiger partial charge in [-0.3, -0.25) is 14.4 Å². The maximum atomic E-state index is 12.8. The number of fused-ring (bicyclic) bond motifs is 1. The highest BCUT2D eigenvalue weighted by Crippen LogP contribution is 2.37. The van der Waals surface area contributed by atoms with E-state index in [1.165, 1.54) is 0 Å². The zero-order chi connectivity index (χ0) is 27.0. The number of nitrogens with two attached hydrogens (primary N) is 1. The number of aromatic nitrogens is 2. The highest BCUT2D eigenvalue weighted by molar-refractivity contribution is 7.98. The molecule has 1 aliphatic carbocycles. The molecule has 0 unspecified atom stereocenters. The lowest BCUT2D eigenvalue weighted by atomic mass is 9.75. The number of Topliss-reactive ketones (excluding diaryl/α,β-unsaturated/α-hetero) is 1. The fourth-order valence-corrected chi connectivity index (χ4v) is 4.95. The molecule has 0 fully saturated rings. The number of anilines is 1. The number of hydrogen-bond donors (Lipinski definition) is 3. The molecule has 202 valence electrons. The van der Waals surface area contributed by atoms with Crippen molar-refractivity contribution in [3.63, 3.8) is 0 Å². The Morgan fingerprint density at radius 3 is 2.62 bits per heavy atom. The average molecular weight is 530 g/mol. The van der Waals surface area contributed by atoms with E-state index in [4.69, 9.17) is 10.5 Å². The van der Waals surface area contributed by atoms with E-state index in [0.29, 0.717) is 56.0 Å². The van der Waals surface area contributed by atoms with Crippen molar-refractivity contribution in [2.24, 2.45) is 11.1 Å². The first-order valence-electron chi connectivity index (χ1n) is 12.8. The third kappa shape index (κ3) is 7.82. The molecule has 0 atom stereocenters. The minimum absolute atomic E-state index is 0.0760. The van der Waals surface area contributed by atoms with Gasteiger partial charge in [-0.25, -0.2) is 4.68 Å². The van der Waals surface area contributed by atoms with Crippen LogP contribution in [0.15, 0.2) is 18.2 Å². The highest BCUT2D eigenvalue weighted by atomic mass is 32.2. The summed E-state index contributed by atoms with van der Waals surface area (Å²) in [7, 11) is 0. The first kappa shape index (κ1) is 28.7. The van der Waals surface area contributed by atoms with Gasteiger partial charge in [0.1, 0.15) is 0 Å². The number of nitrogens with zero attached hydrogens (tertiary/aromatic N) is 2. The molecular formula is C27H39N5O4S. The lowest BCUT2D eigenvalue weighted by molar-refractivity contribution is -0.120. The quantitative estimate of drug-likeness (QED) is 0.320. The summed E-state index contributed by atoms with van der Waals surface area (Å²) in [6, 6.07) is 5.37. The molecule has 1 aromatic carbocycles. The van der Waals surface area contributed by atoms with E-state index in [0.717, 1.165) is 42.1 Å². The summed E-state index contributed by atoms with van der Waals surface area (Å²) in [5, 5.41) is 10.9. The number of carbonyl (C=O) groups is 3. The van der Waals surface area contributed by atoms with Crippen LogP contribution in [-0.4, -0.2) is 65.7 Å². The Kier molecular flexibility index (Phi) is 10.2. The summed E-state index contributed by atoms with van der Waals surface area (Å²) in [4.78, 5) is 36.4. The number of aryl methyl sites for hydroxylation is 1. The molecule has 3 rings (SSSR count). The molecule has 0 aliphatic heterocycles. The molecule has 0 saturated heterocycles. The van der Waals surface area contributed by atoms with Gasteiger partial charge in [0, 0.05) is 50.6 Å². The van der Waals surface area contributed by atoms with Crippen molar-refractivity contribution in [1.29, 1.82) is 0 Å². The van der Waals surface area contributed by atoms with Crippen molar-refractivity contribution >= 4 is 35.0 Å². The van der Waals surface area contributed by atoms with E-state index in [1.807, 2.05) is 30.0 Å². The zero-order valence-electron chi connectivity index (χ0n) is 22.3. The number of benzene rings is 1. The minimum Gasteiger partial charge on any atom is -0.384 e. The first-order valence-corrected chi connectivity index (χ1v) is 14.2. The molecule has 4 N–H and O–H groups in total. The second kappa shape index (κ2) is 13.1. The fourth-order valence-electron chi connectivity index (χ4n) is 4.56. The minimum atomic E-state index is -0.514. The van der Waals surface area contributed by atoms with E-state index in [-0.39, 0.29) is 17.1 Å². The molecular weight excluding hydrogens is 490 g/mol. The van der Waals surface area contributed by atoms with Gasteiger partial charge in [-0.15, -0.1) is 0 Å². The topological polar surface area (TPSA) is 128 Å². The van der Waals surface area contributed by atoms with E-state index >= 15 is 0 Å². The molecule has 10 heteroatoms. The van der Waals surface area contributed by atoms with Crippen LogP contribution >= 0.6 is 11.8 Å². The van der Waals surface area contributed by atoms with Crippen LogP contribution in [0, 0.1) is 12.3 Å². The van der Waals surface area contributed by atoms with Crippen LogP contribution in [0.1, 0.15) is 71.6 Å². The number of carbonyl (C=O) groups excluding carboxylic acids is 3. The molecule has 1 aliphatic rings.